The lowest BCUT2D eigenvalue weighted by atomic mass is 10.2. The van der Waals surface area contributed by atoms with E-state index in [1.165, 1.54) is 4.68 Å². The van der Waals surface area contributed by atoms with Crippen molar-refractivity contribution in [1.82, 2.24) is 19.6 Å². The summed E-state index contributed by atoms with van der Waals surface area (Å²) in [4.78, 5) is 12.7. The van der Waals surface area contributed by atoms with E-state index in [0.29, 0.717) is 37.7 Å². The molecule has 1 amide bonds. The van der Waals surface area contributed by atoms with E-state index in [4.69, 9.17) is 39.5 Å². The van der Waals surface area contributed by atoms with Crippen LogP contribution in [0.3, 0.4) is 0 Å². The maximum Gasteiger partial charge on any atom is 0.277 e. The van der Waals surface area contributed by atoms with Crippen molar-refractivity contribution in [2.24, 2.45) is 0 Å². The zero-order valence-electron chi connectivity index (χ0n) is 17.2. The maximum absolute atomic E-state index is 12.7. The summed E-state index contributed by atoms with van der Waals surface area (Å²) in [7, 11) is 0. The highest BCUT2D eigenvalue weighted by molar-refractivity contribution is 9.10. The van der Waals surface area contributed by atoms with Gasteiger partial charge in [-0.3, -0.25) is 9.48 Å². The molecule has 0 aliphatic rings. The van der Waals surface area contributed by atoms with Crippen LogP contribution in [0.1, 0.15) is 21.6 Å². The first-order valence-electron chi connectivity index (χ1n) is 9.69. The van der Waals surface area contributed by atoms with Crippen LogP contribution in [0, 0.1) is 6.92 Å². The molecular weight excluding hydrogens is 553 g/mol. The first-order chi connectivity index (χ1) is 15.8. The Morgan fingerprint density at radius 1 is 1.03 bits per heavy atom. The number of benzene rings is 2. The van der Waals surface area contributed by atoms with E-state index in [-0.39, 0.29) is 12.4 Å². The van der Waals surface area contributed by atoms with Crippen LogP contribution in [-0.4, -0.2) is 25.5 Å². The van der Waals surface area contributed by atoms with Gasteiger partial charge in [0, 0.05) is 12.4 Å². The van der Waals surface area contributed by atoms with Crippen LogP contribution < -0.4 is 10.1 Å². The molecule has 11 heteroatoms. The standard InChI is InChI=1S/C22H17BrCl3N5O2/c1-13-2-4-17(25)20(8-13)33-12-30-7-6-19(28-30)22(32)27-21-15(23)11-31(29-21)10-14-3-5-16(24)18(26)9-14/h2-9,11H,10,12H2,1H3,(H,27,29,32). The average molecular weight is 570 g/mol. The lowest BCUT2D eigenvalue weighted by molar-refractivity contribution is 0.101. The highest BCUT2D eigenvalue weighted by atomic mass is 79.9. The van der Waals surface area contributed by atoms with E-state index in [0.717, 1.165) is 11.1 Å². The van der Waals surface area contributed by atoms with Crippen molar-refractivity contribution in [3.05, 3.63) is 91.2 Å². The van der Waals surface area contributed by atoms with Crippen LogP contribution in [0.15, 0.2) is 59.3 Å². The van der Waals surface area contributed by atoms with Gasteiger partial charge in [-0.25, -0.2) is 4.68 Å². The SMILES string of the molecule is Cc1ccc(Cl)c(OCn2ccc(C(=O)Nc3nn(Cc4ccc(Cl)c(Cl)c4)cc3Br)n2)c1. The van der Waals surface area contributed by atoms with Crippen molar-refractivity contribution in [2.45, 2.75) is 20.2 Å². The van der Waals surface area contributed by atoms with Crippen molar-refractivity contribution < 1.29 is 9.53 Å². The second-order valence-corrected chi connectivity index (χ2v) is 9.25. The molecule has 0 bridgehead atoms. The number of hydrogen-bond acceptors (Lipinski definition) is 4. The maximum atomic E-state index is 12.7. The molecule has 2 heterocycles. The molecule has 4 rings (SSSR count). The molecule has 0 aliphatic heterocycles. The summed E-state index contributed by atoms with van der Waals surface area (Å²) < 4.78 is 9.52. The Morgan fingerprint density at radius 2 is 1.82 bits per heavy atom. The number of carbonyl (C=O) groups excluding carboxylic acids is 1. The topological polar surface area (TPSA) is 74.0 Å². The molecule has 33 heavy (non-hydrogen) atoms. The summed E-state index contributed by atoms with van der Waals surface area (Å²) in [5.74, 6) is 0.523. The molecule has 0 aliphatic carbocycles. The molecule has 0 unspecified atom stereocenters. The number of halogens is 4. The number of rotatable bonds is 7. The van der Waals surface area contributed by atoms with Gasteiger partial charge in [0.25, 0.3) is 5.91 Å². The molecule has 2 aromatic heterocycles. The van der Waals surface area contributed by atoms with E-state index in [1.807, 2.05) is 25.1 Å². The Kier molecular flexibility index (Phi) is 7.29. The molecule has 0 saturated carbocycles. The third-order valence-corrected chi connectivity index (χ3v) is 6.22. The third-order valence-electron chi connectivity index (χ3n) is 4.59. The number of ether oxygens (including phenoxy) is 1. The molecule has 0 radical (unpaired) electrons. The van der Waals surface area contributed by atoms with E-state index < -0.39 is 5.91 Å². The predicted octanol–water partition coefficient (Wildman–Crippen LogP) is 6.45. The van der Waals surface area contributed by atoms with Crippen molar-refractivity contribution in [3.8, 4) is 5.75 Å². The van der Waals surface area contributed by atoms with Crippen LogP contribution in [0.4, 0.5) is 5.82 Å². The van der Waals surface area contributed by atoms with Crippen LogP contribution in [0.5, 0.6) is 5.75 Å². The van der Waals surface area contributed by atoms with E-state index in [9.17, 15) is 4.79 Å². The van der Waals surface area contributed by atoms with Crippen LogP contribution >= 0.6 is 50.7 Å². The molecule has 0 fully saturated rings. The molecule has 4 aromatic rings. The average Bonchev–Trinajstić information content (AvgIpc) is 3.38. The Morgan fingerprint density at radius 3 is 2.61 bits per heavy atom. The highest BCUT2D eigenvalue weighted by Crippen LogP contribution is 2.26. The molecular formula is C22H17BrCl3N5O2. The van der Waals surface area contributed by atoms with Crippen LogP contribution in [0.25, 0.3) is 0 Å². The summed E-state index contributed by atoms with van der Waals surface area (Å²) in [6.07, 6.45) is 3.41. The van der Waals surface area contributed by atoms with E-state index in [2.05, 4.69) is 31.4 Å². The second-order valence-electron chi connectivity index (χ2n) is 7.17. The first kappa shape index (κ1) is 23.6. The zero-order chi connectivity index (χ0) is 23.5. The van der Waals surface area contributed by atoms with Gasteiger partial charge < -0.3 is 10.1 Å². The summed E-state index contributed by atoms with van der Waals surface area (Å²) in [5, 5.41) is 12.9. The molecule has 1 N–H and O–H groups in total. The highest BCUT2D eigenvalue weighted by Gasteiger charge is 2.15. The number of nitrogens with one attached hydrogen (secondary N) is 1. The normalized spacial score (nSPS) is 10.9. The molecule has 0 spiro atoms. The van der Waals surface area contributed by atoms with E-state index in [1.54, 1.807) is 41.3 Å². The van der Waals surface area contributed by atoms with E-state index >= 15 is 0 Å². The summed E-state index contributed by atoms with van der Waals surface area (Å²) >= 11 is 21.6. The quantitative estimate of drug-likeness (QED) is 0.278. The van der Waals surface area contributed by atoms with Gasteiger partial charge >= 0.3 is 0 Å². The van der Waals surface area contributed by atoms with Crippen molar-refractivity contribution in [1.29, 1.82) is 0 Å². The summed E-state index contributed by atoms with van der Waals surface area (Å²) in [6, 6.07) is 12.5. The van der Waals surface area contributed by atoms with Crippen LogP contribution in [-0.2, 0) is 13.3 Å². The van der Waals surface area contributed by atoms with Gasteiger partial charge in [-0.1, -0.05) is 46.9 Å². The fourth-order valence-electron chi connectivity index (χ4n) is 2.97. The zero-order valence-corrected chi connectivity index (χ0v) is 21.1. The largest absolute Gasteiger partial charge is 0.470 e. The Bertz CT molecular complexity index is 1320. The smallest absolute Gasteiger partial charge is 0.277 e. The molecule has 7 nitrogen and oxygen atoms in total. The van der Waals surface area contributed by atoms with Gasteiger partial charge in [-0.2, -0.15) is 10.2 Å². The summed E-state index contributed by atoms with van der Waals surface area (Å²) in [6.45, 7) is 2.51. The van der Waals surface area contributed by atoms with Crippen molar-refractivity contribution in [3.63, 3.8) is 0 Å². The van der Waals surface area contributed by atoms with Crippen LogP contribution in [0.2, 0.25) is 15.1 Å². The van der Waals surface area contributed by atoms with Gasteiger partial charge in [-0.05, 0) is 64.3 Å². The third kappa shape index (κ3) is 5.89. The predicted molar refractivity (Wildman–Crippen MR) is 132 cm³/mol. The first-order valence-corrected chi connectivity index (χ1v) is 11.6. The van der Waals surface area contributed by atoms with Gasteiger partial charge in [0.05, 0.1) is 26.1 Å². The number of amides is 1. The second kappa shape index (κ2) is 10.2. The molecule has 170 valence electrons. The number of carbonyl (C=O) groups is 1. The van der Waals surface area contributed by atoms with Gasteiger partial charge in [0.1, 0.15) is 5.75 Å². The molecule has 2 aromatic carbocycles. The minimum absolute atomic E-state index is 0.110. The monoisotopic (exact) mass is 567 g/mol. The lowest BCUT2D eigenvalue weighted by Gasteiger charge is -2.08. The minimum atomic E-state index is -0.400. The lowest BCUT2D eigenvalue weighted by Crippen LogP contribution is -2.15. The van der Waals surface area contributed by atoms with Crippen molar-refractivity contribution >= 4 is 62.5 Å². The Balaban J connectivity index is 1.39. The number of aryl methyl sites for hydroxylation is 1. The number of anilines is 1. The van der Waals surface area contributed by atoms with Gasteiger partial charge in [-0.15, -0.1) is 0 Å². The molecule has 0 atom stereocenters. The number of nitrogens with zero attached hydrogens (tertiary/aromatic N) is 4. The van der Waals surface area contributed by atoms with Gasteiger partial charge in [0.15, 0.2) is 18.2 Å². The molecule has 0 saturated heterocycles. The minimum Gasteiger partial charge on any atom is -0.470 e. The number of aromatic nitrogens is 4. The summed E-state index contributed by atoms with van der Waals surface area (Å²) in [5.41, 5.74) is 2.17. The van der Waals surface area contributed by atoms with Gasteiger partial charge in [0.2, 0.25) is 0 Å². The van der Waals surface area contributed by atoms with Crippen molar-refractivity contribution in [2.75, 3.05) is 5.32 Å². The number of hydrogen-bond donors (Lipinski definition) is 1. The fraction of sp³-hybridized carbons (Fsp3) is 0.136. The Labute approximate surface area is 213 Å². The Hall–Kier alpha value is -2.52. The fourth-order valence-corrected chi connectivity index (χ4v) is 3.88.